The van der Waals surface area contributed by atoms with Gasteiger partial charge >= 0.3 is 24.0 Å². The van der Waals surface area contributed by atoms with Crippen LogP contribution in [-0.2, 0) is 55.4 Å². The first-order chi connectivity index (χ1) is 62.8. The number of benzene rings is 3. The zero-order valence-electron chi connectivity index (χ0n) is 78.4. The summed E-state index contributed by atoms with van der Waals surface area (Å²) in [7, 11) is -2.76. The number of hydrogen-bond donors (Lipinski definition) is 10. The lowest BCUT2D eigenvalue weighted by Crippen LogP contribution is -2.63. The third-order valence-electron chi connectivity index (χ3n) is 26.8. The van der Waals surface area contributed by atoms with Crippen molar-refractivity contribution in [2.75, 3.05) is 63.8 Å². The Hall–Kier alpha value is -10.8. The van der Waals surface area contributed by atoms with E-state index in [4.69, 9.17) is 38.9 Å². The molecule has 0 bridgehead atoms. The van der Waals surface area contributed by atoms with E-state index in [1.54, 1.807) is 81.8 Å². The van der Waals surface area contributed by atoms with Crippen molar-refractivity contribution in [3.05, 3.63) is 114 Å². The van der Waals surface area contributed by atoms with E-state index in [2.05, 4.69) is 55.7 Å². The zero-order chi connectivity index (χ0) is 96.4. The van der Waals surface area contributed by atoms with Gasteiger partial charge in [0.15, 0.2) is 10.3 Å². The summed E-state index contributed by atoms with van der Waals surface area (Å²) in [5.74, 6) is -4.03. The molecule has 0 spiro atoms. The third kappa shape index (κ3) is 22.4. The van der Waals surface area contributed by atoms with Crippen LogP contribution in [0.25, 0.3) is 44.6 Å². The summed E-state index contributed by atoms with van der Waals surface area (Å²) < 4.78 is 80.0. The number of sulfonamides is 2. The normalized spacial score (nSPS) is 23.1. The molecule has 10 N–H and O–H groups in total. The lowest BCUT2D eigenvalue weighted by Gasteiger charge is -2.43. The number of nitrogens with zero attached hydrogens (tertiary/aromatic N) is 8. The molecule has 720 valence electrons. The molecule has 2 unspecified atom stereocenters. The number of aromatic nitrogens is 4. The molecule has 2 saturated heterocycles. The van der Waals surface area contributed by atoms with Crippen LogP contribution in [0.15, 0.2) is 114 Å². The zero-order valence-corrected chi connectivity index (χ0v) is 81.7. The van der Waals surface area contributed by atoms with Gasteiger partial charge < -0.3 is 81.5 Å². The van der Waals surface area contributed by atoms with Gasteiger partial charge in [-0.25, -0.2) is 60.3 Å². The number of thiazole rings is 2. The number of likely N-dealkylation sites (N-methyl/N-ethyl adjacent to an activating group) is 1. The quantitative estimate of drug-likeness (QED) is 0.0167. The Kier molecular flexibility index (Phi) is 30.3. The Morgan fingerprint density at radius 2 is 1.09 bits per heavy atom. The highest BCUT2D eigenvalue weighted by atomic mass is 32.2. The van der Waals surface area contributed by atoms with Crippen LogP contribution >= 0.6 is 22.7 Å². The average Bonchev–Trinajstić information content (AvgIpc) is 1.59. The summed E-state index contributed by atoms with van der Waals surface area (Å²) in [5.41, 5.74) is -0.902. The van der Waals surface area contributed by atoms with Crippen LogP contribution in [0, 0.1) is 34.0 Å². The molecule has 3 aromatic carbocycles. The number of carbonyl (C=O) groups excluding carboxylic acids is 6. The number of ether oxygens (including phenoxy) is 4. The van der Waals surface area contributed by atoms with Crippen molar-refractivity contribution in [2.24, 2.45) is 34.0 Å². The fraction of sp³-hybridized carbons (Fsp3) is 0.558. The fourth-order valence-electron chi connectivity index (χ4n) is 18.6. The second-order valence-electron chi connectivity index (χ2n) is 39.2. The van der Waals surface area contributed by atoms with Gasteiger partial charge in [-0.1, -0.05) is 117 Å². The van der Waals surface area contributed by atoms with Gasteiger partial charge in [0.05, 0.1) is 60.4 Å². The van der Waals surface area contributed by atoms with E-state index in [9.17, 15) is 55.8 Å². The lowest BCUT2D eigenvalue weighted by atomic mass is 9.70. The van der Waals surface area contributed by atoms with Crippen molar-refractivity contribution < 1.29 is 84.4 Å². The van der Waals surface area contributed by atoms with E-state index in [1.807, 2.05) is 99.1 Å². The number of carboxylic acids is 2. The van der Waals surface area contributed by atoms with E-state index < -0.39 is 155 Å². The van der Waals surface area contributed by atoms with Crippen LogP contribution < -0.4 is 61.5 Å². The number of aliphatic carboxylic acids is 2. The average molecular weight is 1910 g/mol. The second-order valence-corrected chi connectivity index (χ2v) is 45.2. The highest BCUT2D eigenvalue weighted by molar-refractivity contribution is 7.89. The molecule has 4 saturated carbocycles. The molecule has 14 rings (SSSR count). The molecular formula is C95H128N16O18S4. The van der Waals surface area contributed by atoms with Gasteiger partial charge in [0.25, 0.3) is 0 Å². The van der Waals surface area contributed by atoms with Crippen molar-refractivity contribution in [3.8, 4) is 45.8 Å². The van der Waals surface area contributed by atoms with Crippen molar-refractivity contribution >= 4 is 122 Å². The molecule has 3 aliphatic heterocycles. The standard InChI is InChI=1S/C50H64N8O9S2.C45H64N8O9S2/c1-9-31-24-50(31,45(61)62)56-43(59)38-22-33(67-39-23-36(37-28-68-47(53-37)51-29(2)3)52-35-21-32(66-8)17-18-34(35)39)26-58(38)44(60)42(49(7)19-13-10-14-20-49)55-46(63)54-41(48(4,5)6)27-57-25-30-15-11-12-16-40(30)69(57,64)65;1-10-28-22-45(28,41(56)57)51-39(54)35-20-30(62-36-21-33(34-25-63-43(48-34)46-26(3)4)47-32-19-29(61-9)17-18-31(32)36)23-53(35)40(55)38(27-15-13-12-14-16-27)50-42(58)49-37(44(5,6)7)24-52(8)64(59,60)11-2/h9,11-12,15-18,21,23,28-29,31,33,38,41-42H,1,10,13-14,19-20,22,24-27H2,2-8H3,(H,51,53)(H,56,59)(H,61,62)(H2,54,55,63);10,17-19,21,25-28,30,35,37-38H,1,11-16,20,22-24H2,2-9H3,(H,46,48)(H,51,54)(H,56,57)(H2,49,50,58)/t31?,33-,38+,41-,42-,50-;28?,30-,35+,37-,38+,45-/m11/s1. The molecule has 7 aliphatic rings. The highest BCUT2D eigenvalue weighted by Crippen LogP contribution is 2.49. The minimum absolute atomic E-state index is 0.00885. The maximum absolute atomic E-state index is 15.5. The van der Waals surface area contributed by atoms with Crippen molar-refractivity contribution in [2.45, 2.75) is 256 Å². The number of nitrogens with one attached hydrogen (secondary N) is 8. The molecular weight excluding hydrogens is 1780 g/mol. The third-order valence-corrected chi connectivity index (χ3v) is 32.1. The Morgan fingerprint density at radius 3 is 1.53 bits per heavy atom. The first-order valence-corrected chi connectivity index (χ1v) is 50.5. The molecule has 7 aromatic rings. The van der Waals surface area contributed by atoms with Gasteiger partial charge in [0.1, 0.15) is 81.8 Å². The lowest BCUT2D eigenvalue weighted by molar-refractivity contribution is -0.146. The Balaban J connectivity index is 0.000000227. The first-order valence-electron chi connectivity index (χ1n) is 45.7. The van der Waals surface area contributed by atoms with Crippen molar-refractivity contribution in [1.82, 2.24) is 70.2 Å². The largest absolute Gasteiger partial charge is 0.497 e. The number of urea groups is 2. The molecule has 4 aromatic heterocycles. The van der Waals surface area contributed by atoms with E-state index >= 15 is 9.59 Å². The molecule has 6 fully saturated rings. The summed E-state index contributed by atoms with van der Waals surface area (Å²) in [6.07, 6.45) is 9.66. The topological polar surface area (TPSA) is 443 Å². The van der Waals surface area contributed by atoms with Gasteiger partial charge in [-0.15, -0.1) is 35.8 Å². The summed E-state index contributed by atoms with van der Waals surface area (Å²) in [5, 5.41) is 51.3. The van der Waals surface area contributed by atoms with Crippen LogP contribution in [0.4, 0.5) is 19.9 Å². The molecule has 7 heterocycles. The van der Waals surface area contributed by atoms with Gasteiger partial charge in [-0.05, 0) is 131 Å². The summed E-state index contributed by atoms with van der Waals surface area (Å²) in [4.78, 5) is 136. The van der Waals surface area contributed by atoms with E-state index in [1.165, 1.54) is 60.3 Å². The number of methoxy groups -OCH3 is 2. The number of pyridine rings is 2. The van der Waals surface area contributed by atoms with Crippen LogP contribution in [0.5, 0.6) is 23.0 Å². The Labute approximate surface area is 786 Å². The molecule has 8 amide bonds. The smallest absolute Gasteiger partial charge is 0.330 e. The number of hydrogen-bond acceptors (Lipinski definition) is 24. The number of carbonyl (C=O) groups is 8. The van der Waals surface area contributed by atoms with Gasteiger partial charge in [-0.3, -0.25) is 19.2 Å². The van der Waals surface area contributed by atoms with Crippen LogP contribution in [0.1, 0.15) is 179 Å². The maximum Gasteiger partial charge on any atom is 0.330 e. The number of rotatable bonds is 34. The molecule has 38 heteroatoms. The van der Waals surface area contributed by atoms with Gasteiger partial charge in [0, 0.05) is 121 Å². The number of carboxylic acid groups (broad SMARTS) is 2. The monoisotopic (exact) mass is 1910 g/mol. The summed E-state index contributed by atoms with van der Waals surface area (Å²) in [6, 6.07) is 14.5. The highest BCUT2D eigenvalue weighted by Gasteiger charge is 2.63. The fourth-order valence-corrected chi connectivity index (χ4v) is 22.8. The minimum atomic E-state index is -3.81. The molecule has 0 radical (unpaired) electrons. The molecule has 4 aliphatic carbocycles. The molecule has 12 atom stereocenters. The van der Waals surface area contributed by atoms with E-state index in [0.29, 0.717) is 98.8 Å². The van der Waals surface area contributed by atoms with Crippen LogP contribution in [0.3, 0.4) is 0 Å². The number of anilines is 2. The summed E-state index contributed by atoms with van der Waals surface area (Å²) >= 11 is 2.89. The van der Waals surface area contributed by atoms with Crippen molar-refractivity contribution in [3.63, 3.8) is 0 Å². The predicted octanol–water partition coefficient (Wildman–Crippen LogP) is 12.6. The molecule has 34 nitrogen and oxygen atoms in total. The van der Waals surface area contributed by atoms with Crippen LogP contribution in [0.2, 0.25) is 0 Å². The van der Waals surface area contributed by atoms with Crippen LogP contribution in [-0.4, -0.2) is 238 Å². The predicted molar refractivity (Wildman–Crippen MR) is 510 cm³/mol. The maximum atomic E-state index is 15.5. The second kappa shape index (κ2) is 40.4. The first kappa shape index (κ1) is 99.7. The number of likely N-dealkylation sites (tertiary alicyclic amines) is 2. The summed E-state index contributed by atoms with van der Waals surface area (Å²) in [6.45, 7) is 30.6. The van der Waals surface area contributed by atoms with Gasteiger partial charge in [-0.2, -0.15) is 4.31 Å². The minimum Gasteiger partial charge on any atom is -0.497 e. The molecule has 133 heavy (non-hydrogen) atoms. The Bertz CT molecular complexity index is 5770. The van der Waals surface area contributed by atoms with Gasteiger partial charge in [0.2, 0.25) is 43.7 Å². The van der Waals surface area contributed by atoms with Crippen molar-refractivity contribution in [1.29, 1.82) is 0 Å². The van der Waals surface area contributed by atoms with E-state index in [0.717, 1.165) is 48.8 Å². The SMILES string of the molecule is C=CC1C[C@]1(NC(=O)[C@@H]1C[C@@H](Oc2cc(-c3csc(NC(C)C)n3)nc3cc(OC)ccc23)CN1C(=O)[C@@H](NC(=O)N[C@H](CN(C)S(=O)(=O)CC)C(C)(C)C)C1CCCCC1)C(=O)O.C=CC1C[C@]1(NC(=O)[C@@H]1C[C@@H](Oc2cc(-c3csc(NC(C)C)n3)nc3cc(OC)ccc23)CN1C(=O)[C@@H](NC(=O)N[C@H](CN1Cc2ccccc2S1(=O)=O)C(C)(C)C)C1(C)CCCCC1)C(=O)O. The number of amides is 8. The Morgan fingerprint density at radius 1 is 0.624 bits per heavy atom. The number of fused-ring (bicyclic) bond motifs is 3. The van der Waals surface area contributed by atoms with E-state index in [-0.39, 0.29) is 87.1 Å².